The second kappa shape index (κ2) is 9.37. The molecule has 0 saturated heterocycles. The van der Waals surface area contributed by atoms with Gasteiger partial charge < -0.3 is 14.5 Å². The third-order valence-corrected chi connectivity index (χ3v) is 5.75. The summed E-state index contributed by atoms with van der Waals surface area (Å²) in [5, 5.41) is 8.50. The molecule has 3 rings (SSSR count). The number of hydrogen-bond acceptors (Lipinski definition) is 6. The first-order valence-electron chi connectivity index (χ1n) is 9.76. The summed E-state index contributed by atoms with van der Waals surface area (Å²) in [6, 6.07) is 11.1. The van der Waals surface area contributed by atoms with E-state index in [0.29, 0.717) is 34.5 Å². The lowest BCUT2D eigenvalue weighted by Crippen LogP contribution is -2.27. The number of nitrogens with two attached hydrogens (primary N) is 1. The zero-order valence-electron chi connectivity index (χ0n) is 17.8. The maximum atomic E-state index is 12.5. The summed E-state index contributed by atoms with van der Waals surface area (Å²) in [5.74, 6) is 0.193. The molecule has 3 aromatic rings. The topological polar surface area (TPSA) is 129 Å². The summed E-state index contributed by atoms with van der Waals surface area (Å²) in [6.45, 7) is 7.93. The Hall–Kier alpha value is -3.43. The highest BCUT2D eigenvalue weighted by atomic mass is 32.2. The summed E-state index contributed by atoms with van der Waals surface area (Å²) >= 11 is 0. The van der Waals surface area contributed by atoms with Gasteiger partial charge in [0.25, 0.3) is 0 Å². The summed E-state index contributed by atoms with van der Waals surface area (Å²) in [7, 11) is -3.77. The normalized spacial score (nSPS) is 11.3. The molecule has 1 aromatic heterocycles. The maximum absolute atomic E-state index is 12.5. The number of hydrogen-bond donors (Lipinski definition) is 2. The number of amides is 1. The first kappa shape index (κ1) is 23.2. The molecule has 3 N–H and O–H groups in total. The molecule has 0 aliphatic heterocycles. The standard InChI is InChI=1S/C23H24N2O6S/c1-14(2)13-30-17-6-9-19-15(3)20(23(27)31-21(19)10-17)11-22(26)25-12-16-4-7-18(8-5-16)32(24,28)29/h4-10H,1,11-13H2,2-3H3,(H,25,26)(H2,24,28,29). The van der Waals surface area contributed by atoms with Crippen LogP contribution in [0.3, 0.4) is 0 Å². The van der Waals surface area contributed by atoms with E-state index in [1.54, 1.807) is 37.3 Å². The van der Waals surface area contributed by atoms with Gasteiger partial charge in [0.2, 0.25) is 15.9 Å². The predicted molar refractivity (Wildman–Crippen MR) is 121 cm³/mol. The van der Waals surface area contributed by atoms with Gasteiger partial charge in [0, 0.05) is 18.0 Å². The van der Waals surface area contributed by atoms with E-state index in [-0.39, 0.29) is 29.3 Å². The van der Waals surface area contributed by atoms with Gasteiger partial charge in [0.05, 0.1) is 16.9 Å². The fraction of sp³-hybridized carbons (Fsp3) is 0.217. The SMILES string of the molecule is C=C(C)COc1ccc2c(C)c(CC(=O)NCc3ccc(S(N)(=O)=O)cc3)c(=O)oc2c1. The third-order valence-electron chi connectivity index (χ3n) is 4.82. The summed E-state index contributed by atoms with van der Waals surface area (Å²) < 4.78 is 33.6. The number of aryl methyl sites for hydroxylation is 1. The van der Waals surface area contributed by atoms with Gasteiger partial charge in [-0.05, 0) is 54.8 Å². The van der Waals surface area contributed by atoms with Crippen molar-refractivity contribution in [3.63, 3.8) is 0 Å². The van der Waals surface area contributed by atoms with E-state index < -0.39 is 15.6 Å². The number of carbonyl (C=O) groups excluding carboxylic acids is 1. The number of primary sulfonamides is 1. The lowest BCUT2D eigenvalue weighted by atomic mass is 10.0. The van der Waals surface area contributed by atoms with Crippen LogP contribution in [0.1, 0.15) is 23.6 Å². The van der Waals surface area contributed by atoms with Crippen molar-refractivity contribution in [2.24, 2.45) is 5.14 Å². The molecule has 8 nitrogen and oxygen atoms in total. The first-order chi connectivity index (χ1) is 15.0. The van der Waals surface area contributed by atoms with Crippen molar-refractivity contribution in [3.8, 4) is 5.75 Å². The number of rotatable bonds is 8. The van der Waals surface area contributed by atoms with E-state index in [4.69, 9.17) is 14.3 Å². The molecule has 0 bridgehead atoms. The minimum atomic E-state index is -3.77. The highest BCUT2D eigenvalue weighted by Gasteiger charge is 2.16. The van der Waals surface area contributed by atoms with Crippen LogP contribution in [0.2, 0.25) is 0 Å². The molecule has 0 fully saturated rings. The molecule has 0 aliphatic carbocycles. The first-order valence-corrected chi connectivity index (χ1v) is 11.3. The zero-order chi connectivity index (χ0) is 23.5. The van der Waals surface area contributed by atoms with Gasteiger partial charge in [-0.2, -0.15) is 0 Å². The quantitative estimate of drug-likeness (QED) is 0.396. The van der Waals surface area contributed by atoms with Gasteiger partial charge in [-0.25, -0.2) is 18.4 Å². The lowest BCUT2D eigenvalue weighted by Gasteiger charge is -2.11. The van der Waals surface area contributed by atoms with Gasteiger partial charge in [0.1, 0.15) is 17.9 Å². The largest absolute Gasteiger partial charge is 0.489 e. The smallest absolute Gasteiger partial charge is 0.340 e. The molecule has 0 atom stereocenters. The molecule has 1 amide bonds. The number of ether oxygens (including phenoxy) is 1. The summed E-state index contributed by atoms with van der Waals surface area (Å²) in [6.07, 6.45) is -0.146. The molecule has 0 spiro atoms. The van der Waals surface area contributed by atoms with Crippen LogP contribution in [-0.2, 0) is 27.8 Å². The van der Waals surface area contributed by atoms with E-state index in [1.807, 2.05) is 6.92 Å². The highest BCUT2D eigenvalue weighted by molar-refractivity contribution is 7.89. The van der Waals surface area contributed by atoms with Crippen LogP contribution < -0.4 is 20.8 Å². The summed E-state index contributed by atoms with van der Waals surface area (Å²) in [4.78, 5) is 24.9. The van der Waals surface area contributed by atoms with Gasteiger partial charge >= 0.3 is 5.63 Å². The molecular formula is C23H24N2O6S. The van der Waals surface area contributed by atoms with Crippen LogP contribution in [0.5, 0.6) is 5.75 Å². The van der Waals surface area contributed by atoms with Gasteiger partial charge in [-0.1, -0.05) is 18.7 Å². The van der Waals surface area contributed by atoms with Crippen molar-refractivity contribution < 1.29 is 22.4 Å². The minimum absolute atomic E-state index is 0.00911. The molecule has 9 heteroatoms. The monoisotopic (exact) mass is 456 g/mol. The molecule has 168 valence electrons. The molecule has 2 aromatic carbocycles. The number of nitrogens with one attached hydrogen (secondary N) is 1. The Bertz CT molecular complexity index is 1340. The number of fused-ring (bicyclic) bond motifs is 1. The Kier molecular flexibility index (Phi) is 6.81. The van der Waals surface area contributed by atoms with Crippen molar-refractivity contribution in [2.45, 2.75) is 31.7 Å². The Labute approximate surface area is 185 Å². The number of carbonyl (C=O) groups is 1. The van der Waals surface area contributed by atoms with Crippen LogP contribution in [-0.4, -0.2) is 20.9 Å². The fourth-order valence-corrected chi connectivity index (χ4v) is 3.61. The Morgan fingerprint density at radius 2 is 1.88 bits per heavy atom. The molecule has 0 unspecified atom stereocenters. The third kappa shape index (κ3) is 5.63. The van der Waals surface area contributed by atoms with E-state index in [2.05, 4.69) is 11.9 Å². The Balaban J connectivity index is 1.72. The Morgan fingerprint density at radius 3 is 2.50 bits per heavy atom. The molecule has 32 heavy (non-hydrogen) atoms. The van der Waals surface area contributed by atoms with Crippen LogP contribution in [0.15, 0.2) is 68.7 Å². The fourth-order valence-electron chi connectivity index (χ4n) is 3.10. The maximum Gasteiger partial charge on any atom is 0.340 e. The van der Waals surface area contributed by atoms with Crippen LogP contribution in [0.4, 0.5) is 0 Å². The second-order valence-corrected chi connectivity index (χ2v) is 9.10. The average molecular weight is 457 g/mol. The van der Waals surface area contributed by atoms with E-state index in [1.165, 1.54) is 12.1 Å². The van der Waals surface area contributed by atoms with E-state index in [9.17, 15) is 18.0 Å². The van der Waals surface area contributed by atoms with Crippen molar-refractivity contribution in [2.75, 3.05) is 6.61 Å². The van der Waals surface area contributed by atoms with Crippen LogP contribution in [0, 0.1) is 6.92 Å². The Morgan fingerprint density at radius 1 is 1.19 bits per heavy atom. The molecule has 0 radical (unpaired) electrons. The summed E-state index contributed by atoms with van der Waals surface area (Å²) in [5.41, 5.74) is 2.29. The van der Waals surface area contributed by atoms with Gasteiger partial charge in [-0.3, -0.25) is 4.79 Å². The highest BCUT2D eigenvalue weighted by Crippen LogP contribution is 2.24. The van der Waals surface area contributed by atoms with Gasteiger partial charge in [-0.15, -0.1) is 0 Å². The van der Waals surface area contributed by atoms with Crippen molar-refractivity contribution in [1.82, 2.24) is 5.32 Å². The van der Waals surface area contributed by atoms with E-state index in [0.717, 1.165) is 5.57 Å². The van der Waals surface area contributed by atoms with Crippen molar-refractivity contribution in [3.05, 3.63) is 81.7 Å². The van der Waals surface area contributed by atoms with Crippen LogP contribution in [0.25, 0.3) is 11.0 Å². The molecule has 1 heterocycles. The number of benzene rings is 2. The second-order valence-electron chi connectivity index (χ2n) is 7.54. The molecule has 0 aliphatic rings. The molecular weight excluding hydrogens is 432 g/mol. The zero-order valence-corrected chi connectivity index (χ0v) is 18.6. The molecule has 0 saturated carbocycles. The van der Waals surface area contributed by atoms with Gasteiger partial charge in [0.15, 0.2) is 0 Å². The predicted octanol–water partition coefficient (Wildman–Crippen LogP) is 2.56. The average Bonchev–Trinajstić information content (AvgIpc) is 2.73. The minimum Gasteiger partial charge on any atom is -0.489 e. The van der Waals surface area contributed by atoms with E-state index >= 15 is 0 Å². The van der Waals surface area contributed by atoms with Crippen LogP contribution >= 0.6 is 0 Å². The lowest BCUT2D eigenvalue weighted by molar-refractivity contribution is -0.120. The van der Waals surface area contributed by atoms with Crippen molar-refractivity contribution in [1.29, 1.82) is 0 Å². The van der Waals surface area contributed by atoms with Crippen molar-refractivity contribution >= 4 is 26.9 Å². The number of sulfonamides is 1.